The van der Waals surface area contributed by atoms with Crippen molar-refractivity contribution in [1.29, 1.82) is 0 Å². The molecule has 29 heavy (non-hydrogen) atoms. The zero-order valence-electron chi connectivity index (χ0n) is 16.1. The van der Waals surface area contributed by atoms with Crippen molar-refractivity contribution < 1.29 is 12.8 Å². The molecule has 0 saturated carbocycles. The first-order valence-corrected chi connectivity index (χ1v) is 11.2. The first-order chi connectivity index (χ1) is 13.9. The van der Waals surface area contributed by atoms with Crippen LogP contribution in [0.2, 0.25) is 5.02 Å². The molecule has 1 aromatic heterocycles. The minimum atomic E-state index is -3.44. The van der Waals surface area contributed by atoms with E-state index in [0.29, 0.717) is 48.5 Å². The molecule has 0 spiro atoms. The third-order valence-electron chi connectivity index (χ3n) is 5.05. The normalized spacial score (nSPS) is 16.2. The fraction of sp³-hybridized carbons (Fsp3) is 0.286. The Balaban J connectivity index is 1.42. The van der Waals surface area contributed by atoms with Gasteiger partial charge in [-0.25, -0.2) is 13.4 Å². The van der Waals surface area contributed by atoms with Gasteiger partial charge in [0.25, 0.3) is 0 Å². The number of hydrogen-bond acceptors (Lipinski definition) is 5. The number of halogens is 1. The van der Waals surface area contributed by atoms with E-state index in [-0.39, 0.29) is 0 Å². The summed E-state index contributed by atoms with van der Waals surface area (Å²) >= 11 is 6.06. The van der Waals surface area contributed by atoms with Gasteiger partial charge in [0, 0.05) is 43.3 Å². The van der Waals surface area contributed by atoms with Crippen molar-refractivity contribution in [2.45, 2.75) is 18.4 Å². The quantitative estimate of drug-likeness (QED) is 0.614. The first kappa shape index (κ1) is 20.1. The Morgan fingerprint density at radius 2 is 1.76 bits per heavy atom. The molecule has 3 aromatic rings. The fourth-order valence-electron chi connectivity index (χ4n) is 3.40. The average Bonchev–Trinajstić information content (AvgIpc) is 3.09. The smallest absolute Gasteiger partial charge is 0.243 e. The highest BCUT2D eigenvalue weighted by Gasteiger charge is 2.29. The molecule has 0 bridgehead atoms. The van der Waals surface area contributed by atoms with E-state index >= 15 is 0 Å². The maximum absolute atomic E-state index is 12.8. The van der Waals surface area contributed by atoms with Crippen molar-refractivity contribution in [1.82, 2.24) is 14.2 Å². The van der Waals surface area contributed by atoms with Gasteiger partial charge in [-0.1, -0.05) is 35.9 Å². The molecule has 8 heteroatoms. The number of aromatic nitrogens is 1. The van der Waals surface area contributed by atoms with Crippen molar-refractivity contribution in [3.05, 3.63) is 71.1 Å². The molecule has 6 nitrogen and oxygen atoms in total. The topological polar surface area (TPSA) is 66.7 Å². The molecule has 152 valence electrons. The Morgan fingerprint density at radius 1 is 1.03 bits per heavy atom. The summed E-state index contributed by atoms with van der Waals surface area (Å²) in [5, 5.41) is 0.635. The third kappa shape index (κ3) is 4.38. The molecule has 1 aliphatic heterocycles. The van der Waals surface area contributed by atoms with Crippen molar-refractivity contribution >= 4 is 21.6 Å². The highest BCUT2D eigenvalue weighted by Crippen LogP contribution is 2.25. The van der Waals surface area contributed by atoms with Crippen LogP contribution in [0.25, 0.3) is 11.5 Å². The van der Waals surface area contributed by atoms with Crippen molar-refractivity contribution in [2.75, 3.05) is 26.2 Å². The lowest BCUT2D eigenvalue weighted by atomic mass is 10.2. The van der Waals surface area contributed by atoms with Crippen LogP contribution in [0.1, 0.15) is 11.5 Å². The molecule has 1 aliphatic rings. The molecule has 0 amide bonds. The SMILES string of the molecule is Cc1oc(-c2cccc(Cl)c2)nc1CN1CCN(S(=O)(=O)c2ccccc2)CC1. The lowest BCUT2D eigenvalue weighted by Crippen LogP contribution is -2.48. The standard InChI is InChI=1S/C21H22ClN3O3S/c1-16-20(23-21(28-16)17-6-5-7-18(22)14-17)15-24-10-12-25(13-11-24)29(26,27)19-8-3-2-4-9-19/h2-9,14H,10-13,15H2,1H3. The lowest BCUT2D eigenvalue weighted by Gasteiger charge is -2.33. The Hall–Kier alpha value is -2.19. The molecule has 1 fully saturated rings. The first-order valence-electron chi connectivity index (χ1n) is 9.43. The van der Waals surface area contributed by atoms with Crippen LogP contribution in [0.15, 0.2) is 63.9 Å². The highest BCUT2D eigenvalue weighted by molar-refractivity contribution is 7.89. The molecule has 2 aromatic carbocycles. The minimum Gasteiger partial charge on any atom is -0.441 e. The lowest BCUT2D eigenvalue weighted by molar-refractivity contribution is 0.179. The van der Waals surface area contributed by atoms with Crippen LogP contribution in [0.5, 0.6) is 0 Å². The van der Waals surface area contributed by atoms with E-state index < -0.39 is 10.0 Å². The van der Waals surface area contributed by atoms with Crippen LogP contribution in [-0.4, -0.2) is 48.8 Å². The second kappa shape index (κ2) is 8.28. The number of aryl methyl sites for hydroxylation is 1. The van der Waals surface area contributed by atoms with Gasteiger partial charge in [0.2, 0.25) is 15.9 Å². The van der Waals surface area contributed by atoms with Gasteiger partial charge in [0.05, 0.1) is 10.6 Å². The second-order valence-corrected chi connectivity index (χ2v) is 9.40. The average molecular weight is 432 g/mol. The molecular formula is C21H22ClN3O3S. The molecule has 0 unspecified atom stereocenters. The van der Waals surface area contributed by atoms with Gasteiger partial charge in [0.1, 0.15) is 5.76 Å². The second-order valence-electron chi connectivity index (χ2n) is 7.03. The van der Waals surface area contributed by atoms with Crippen LogP contribution in [0.3, 0.4) is 0 Å². The van der Waals surface area contributed by atoms with Crippen LogP contribution >= 0.6 is 11.6 Å². The maximum Gasteiger partial charge on any atom is 0.243 e. The number of benzene rings is 2. The molecule has 1 saturated heterocycles. The number of nitrogens with zero attached hydrogens (tertiary/aromatic N) is 3. The van der Waals surface area contributed by atoms with Crippen LogP contribution in [-0.2, 0) is 16.6 Å². The van der Waals surface area contributed by atoms with Gasteiger partial charge in [-0.2, -0.15) is 4.31 Å². The molecule has 0 atom stereocenters. The Bertz CT molecular complexity index is 1090. The fourth-order valence-corrected chi connectivity index (χ4v) is 5.03. The molecule has 0 aliphatic carbocycles. The van der Waals surface area contributed by atoms with E-state index in [2.05, 4.69) is 9.88 Å². The number of piperazine rings is 1. The van der Waals surface area contributed by atoms with Crippen LogP contribution < -0.4 is 0 Å². The molecule has 0 N–H and O–H groups in total. The summed E-state index contributed by atoms with van der Waals surface area (Å²) in [7, 11) is -3.44. The van der Waals surface area contributed by atoms with Gasteiger partial charge < -0.3 is 4.42 Å². The van der Waals surface area contributed by atoms with E-state index in [1.807, 2.05) is 37.3 Å². The number of rotatable bonds is 5. The molecule has 0 radical (unpaired) electrons. The maximum atomic E-state index is 12.8. The Labute approximate surface area is 175 Å². The summed E-state index contributed by atoms with van der Waals surface area (Å²) < 4.78 is 32.9. The molecular weight excluding hydrogens is 410 g/mol. The van der Waals surface area contributed by atoms with E-state index in [1.54, 1.807) is 28.6 Å². The Morgan fingerprint density at radius 3 is 2.45 bits per heavy atom. The minimum absolute atomic E-state index is 0.340. The van der Waals surface area contributed by atoms with E-state index in [1.165, 1.54) is 0 Å². The van der Waals surface area contributed by atoms with Gasteiger partial charge in [-0.15, -0.1) is 0 Å². The van der Waals surface area contributed by atoms with E-state index in [9.17, 15) is 8.42 Å². The van der Waals surface area contributed by atoms with Crippen molar-refractivity contribution in [2.24, 2.45) is 0 Å². The zero-order chi connectivity index (χ0) is 20.4. The van der Waals surface area contributed by atoms with E-state index in [0.717, 1.165) is 17.0 Å². The molecule has 4 rings (SSSR count). The predicted octanol–water partition coefficient (Wildman–Crippen LogP) is 3.81. The number of oxazole rings is 1. The molecule has 2 heterocycles. The van der Waals surface area contributed by atoms with Gasteiger partial charge in [0.15, 0.2) is 0 Å². The van der Waals surface area contributed by atoms with E-state index in [4.69, 9.17) is 16.0 Å². The highest BCUT2D eigenvalue weighted by atomic mass is 35.5. The van der Waals surface area contributed by atoms with Crippen LogP contribution in [0, 0.1) is 6.92 Å². The van der Waals surface area contributed by atoms with Crippen molar-refractivity contribution in [3.63, 3.8) is 0 Å². The van der Waals surface area contributed by atoms with Gasteiger partial charge in [-0.3, -0.25) is 4.90 Å². The predicted molar refractivity (Wildman–Crippen MR) is 112 cm³/mol. The third-order valence-corrected chi connectivity index (χ3v) is 7.20. The van der Waals surface area contributed by atoms with Crippen molar-refractivity contribution in [3.8, 4) is 11.5 Å². The summed E-state index contributed by atoms with van der Waals surface area (Å²) in [6, 6.07) is 16.0. The summed E-state index contributed by atoms with van der Waals surface area (Å²) in [4.78, 5) is 7.17. The summed E-state index contributed by atoms with van der Waals surface area (Å²) in [5.41, 5.74) is 1.70. The summed E-state index contributed by atoms with van der Waals surface area (Å²) in [5.74, 6) is 1.31. The zero-order valence-corrected chi connectivity index (χ0v) is 17.7. The number of hydrogen-bond donors (Lipinski definition) is 0. The number of sulfonamides is 1. The summed E-state index contributed by atoms with van der Waals surface area (Å²) in [6.07, 6.45) is 0. The van der Waals surface area contributed by atoms with Gasteiger partial charge >= 0.3 is 0 Å². The summed E-state index contributed by atoms with van der Waals surface area (Å²) in [6.45, 7) is 4.71. The monoisotopic (exact) mass is 431 g/mol. The van der Waals surface area contributed by atoms with Gasteiger partial charge in [-0.05, 0) is 37.3 Å². The van der Waals surface area contributed by atoms with Crippen LogP contribution in [0.4, 0.5) is 0 Å². The Kier molecular flexibility index (Phi) is 5.74. The largest absolute Gasteiger partial charge is 0.441 e.